The molecule has 0 spiro atoms. The average Bonchev–Trinajstić information content (AvgIpc) is 3.11. The Kier molecular flexibility index (Phi) is 4.38. The van der Waals surface area contributed by atoms with Gasteiger partial charge in [-0.2, -0.15) is 0 Å². The van der Waals surface area contributed by atoms with Crippen LogP contribution in [-0.2, 0) is 16.0 Å². The van der Waals surface area contributed by atoms with Crippen LogP contribution in [0.2, 0.25) is 0 Å². The maximum atomic E-state index is 13.2. The van der Waals surface area contributed by atoms with E-state index in [9.17, 15) is 9.18 Å². The Balaban J connectivity index is 1.62. The number of carbonyl (C=O) groups excluding carboxylic acids is 1. The number of aromatic amines is 1. The van der Waals surface area contributed by atoms with E-state index in [1.807, 2.05) is 4.90 Å². The third-order valence-electron chi connectivity index (χ3n) is 4.13. The Morgan fingerprint density at radius 2 is 2.41 bits per heavy atom. The van der Waals surface area contributed by atoms with Gasteiger partial charge in [0.15, 0.2) is 0 Å². The number of nitrogens with one attached hydrogen (secondary N) is 1. The fourth-order valence-corrected chi connectivity index (χ4v) is 3.05. The number of hydrogen-bond acceptors (Lipinski definition) is 3. The van der Waals surface area contributed by atoms with Crippen molar-refractivity contribution in [3.8, 4) is 0 Å². The molecule has 22 heavy (non-hydrogen) atoms. The number of ether oxygens (including phenoxy) is 1. The number of benzene rings is 1. The van der Waals surface area contributed by atoms with Crippen LogP contribution in [0.25, 0.3) is 11.0 Å². The molecule has 2 heterocycles. The molecule has 1 saturated heterocycles. The Morgan fingerprint density at radius 1 is 1.55 bits per heavy atom. The molecule has 1 aliphatic heterocycles. The number of aryl methyl sites for hydroxylation is 1. The summed E-state index contributed by atoms with van der Waals surface area (Å²) >= 11 is 0. The van der Waals surface area contributed by atoms with Gasteiger partial charge in [0.25, 0.3) is 0 Å². The Hall–Kier alpha value is -1.95. The first-order valence-corrected chi connectivity index (χ1v) is 7.60. The second-order valence-corrected chi connectivity index (χ2v) is 5.68. The molecule has 0 bridgehead atoms. The Labute approximate surface area is 128 Å². The lowest BCUT2D eigenvalue weighted by Gasteiger charge is -2.23. The smallest absolute Gasteiger partial charge is 0.223 e. The molecule has 0 saturated carbocycles. The van der Waals surface area contributed by atoms with Crippen LogP contribution in [0.4, 0.5) is 4.39 Å². The second-order valence-electron chi connectivity index (χ2n) is 5.68. The molecule has 1 aromatic heterocycles. The SMILES string of the molecule is COC[C@H]1CCCN1C(=O)CCc1nc2ccc(F)cc2[nH]1. The van der Waals surface area contributed by atoms with E-state index in [1.165, 1.54) is 12.1 Å². The summed E-state index contributed by atoms with van der Waals surface area (Å²) in [6.07, 6.45) is 2.97. The van der Waals surface area contributed by atoms with Crippen molar-refractivity contribution >= 4 is 16.9 Å². The van der Waals surface area contributed by atoms with Crippen LogP contribution in [0.5, 0.6) is 0 Å². The molecule has 0 radical (unpaired) electrons. The topological polar surface area (TPSA) is 58.2 Å². The maximum Gasteiger partial charge on any atom is 0.223 e. The first kappa shape index (κ1) is 15.0. The number of halogens is 1. The summed E-state index contributed by atoms with van der Waals surface area (Å²) in [5.41, 5.74) is 1.39. The van der Waals surface area contributed by atoms with Gasteiger partial charge < -0.3 is 14.6 Å². The third kappa shape index (κ3) is 3.11. The zero-order valence-electron chi connectivity index (χ0n) is 12.6. The summed E-state index contributed by atoms with van der Waals surface area (Å²) in [6.45, 7) is 1.40. The molecule has 1 fully saturated rings. The number of aromatic nitrogens is 2. The molecule has 1 aliphatic rings. The van der Waals surface area contributed by atoms with Crippen LogP contribution in [0.15, 0.2) is 18.2 Å². The summed E-state index contributed by atoms with van der Waals surface area (Å²) in [5.74, 6) is 0.556. The van der Waals surface area contributed by atoms with Gasteiger partial charge in [-0.05, 0) is 31.0 Å². The highest BCUT2D eigenvalue weighted by molar-refractivity contribution is 5.78. The van der Waals surface area contributed by atoms with Gasteiger partial charge in [0.1, 0.15) is 11.6 Å². The molecule has 118 valence electrons. The van der Waals surface area contributed by atoms with Gasteiger partial charge in [-0.15, -0.1) is 0 Å². The number of rotatable bonds is 5. The molecular formula is C16H20FN3O2. The Morgan fingerprint density at radius 3 is 3.23 bits per heavy atom. The van der Waals surface area contributed by atoms with Crippen molar-refractivity contribution in [2.45, 2.75) is 31.7 Å². The number of fused-ring (bicyclic) bond motifs is 1. The fourth-order valence-electron chi connectivity index (χ4n) is 3.05. The maximum absolute atomic E-state index is 13.2. The highest BCUT2D eigenvalue weighted by Crippen LogP contribution is 2.19. The number of likely N-dealkylation sites (tertiary alicyclic amines) is 1. The van der Waals surface area contributed by atoms with Crippen molar-refractivity contribution in [2.75, 3.05) is 20.3 Å². The highest BCUT2D eigenvalue weighted by atomic mass is 19.1. The highest BCUT2D eigenvalue weighted by Gasteiger charge is 2.28. The van der Waals surface area contributed by atoms with Gasteiger partial charge in [0.05, 0.1) is 23.7 Å². The van der Waals surface area contributed by atoms with Gasteiger partial charge in [-0.3, -0.25) is 4.79 Å². The van der Waals surface area contributed by atoms with Crippen LogP contribution >= 0.6 is 0 Å². The number of methoxy groups -OCH3 is 1. The van der Waals surface area contributed by atoms with E-state index in [-0.39, 0.29) is 17.8 Å². The van der Waals surface area contributed by atoms with E-state index >= 15 is 0 Å². The second kappa shape index (κ2) is 6.44. The fraction of sp³-hybridized carbons (Fsp3) is 0.500. The van der Waals surface area contributed by atoms with Crippen molar-refractivity contribution in [1.82, 2.24) is 14.9 Å². The van der Waals surface area contributed by atoms with E-state index in [0.29, 0.717) is 25.0 Å². The third-order valence-corrected chi connectivity index (χ3v) is 4.13. The van der Waals surface area contributed by atoms with Crippen LogP contribution < -0.4 is 0 Å². The average molecular weight is 305 g/mol. The minimum atomic E-state index is -0.293. The molecule has 0 unspecified atom stereocenters. The summed E-state index contributed by atoms with van der Waals surface area (Å²) < 4.78 is 18.3. The van der Waals surface area contributed by atoms with E-state index in [2.05, 4.69) is 9.97 Å². The normalized spacial score (nSPS) is 18.3. The number of carbonyl (C=O) groups is 1. The first-order valence-electron chi connectivity index (χ1n) is 7.60. The van der Waals surface area contributed by atoms with E-state index in [4.69, 9.17) is 4.74 Å². The number of hydrogen-bond donors (Lipinski definition) is 1. The largest absolute Gasteiger partial charge is 0.383 e. The standard InChI is InChI=1S/C16H20FN3O2/c1-22-10-12-3-2-8-20(12)16(21)7-6-15-18-13-5-4-11(17)9-14(13)19-15/h4-5,9,12H,2-3,6-8,10H2,1H3,(H,18,19)/t12-/m1/s1. The molecule has 1 atom stereocenters. The van der Waals surface area contributed by atoms with Gasteiger partial charge in [0, 0.05) is 26.5 Å². The first-order chi connectivity index (χ1) is 10.7. The quantitative estimate of drug-likeness (QED) is 0.922. The summed E-state index contributed by atoms with van der Waals surface area (Å²) in [7, 11) is 1.66. The van der Waals surface area contributed by atoms with E-state index < -0.39 is 0 Å². The number of imidazole rings is 1. The lowest BCUT2D eigenvalue weighted by molar-refractivity contribution is -0.132. The minimum Gasteiger partial charge on any atom is -0.383 e. The van der Waals surface area contributed by atoms with E-state index in [1.54, 1.807) is 13.2 Å². The lowest BCUT2D eigenvalue weighted by Crippen LogP contribution is -2.38. The van der Waals surface area contributed by atoms with Crippen LogP contribution in [-0.4, -0.2) is 47.1 Å². The summed E-state index contributed by atoms with van der Waals surface area (Å²) in [4.78, 5) is 21.7. The van der Waals surface area contributed by atoms with Gasteiger partial charge >= 0.3 is 0 Å². The number of amides is 1. The van der Waals surface area contributed by atoms with Gasteiger partial charge in [-0.25, -0.2) is 9.37 Å². The molecule has 3 rings (SSSR count). The van der Waals surface area contributed by atoms with Crippen LogP contribution in [0, 0.1) is 5.82 Å². The molecule has 0 aliphatic carbocycles. The zero-order valence-corrected chi connectivity index (χ0v) is 12.6. The van der Waals surface area contributed by atoms with Crippen LogP contribution in [0.3, 0.4) is 0 Å². The molecule has 5 nitrogen and oxygen atoms in total. The van der Waals surface area contributed by atoms with Crippen molar-refractivity contribution in [3.63, 3.8) is 0 Å². The molecule has 6 heteroatoms. The molecule has 2 aromatic rings. The van der Waals surface area contributed by atoms with Crippen molar-refractivity contribution in [3.05, 3.63) is 29.8 Å². The Bertz CT molecular complexity index is 670. The molecule has 1 N–H and O–H groups in total. The molecular weight excluding hydrogens is 285 g/mol. The molecule has 1 amide bonds. The monoisotopic (exact) mass is 305 g/mol. The lowest BCUT2D eigenvalue weighted by atomic mass is 10.2. The van der Waals surface area contributed by atoms with Gasteiger partial charge in [-0.1, -0.05) is 0 Å². The molecule has 1 aromatic carbocycles. The predicted octanol–water partition coefficient (Wildman–Crippen LogP) is 2.27. The van der Waals surface area contributed by atoms with E-state index in [0.717, 1.165) is 30.7 Å². The predicted molar refractivity (Wildman–Crippen MR) is 81.0 cm³/mol. The van der Waals surface area contributed by atoms with Crippen LogP contribution in [0.1, 0.15) is 25.1 Å². The minimum absolute atomic E-state index is 0.131. The number of H-pyrrole nitrogens is 1. The summed E-state index contributed by atoms with van der Waals surface area (Å²) in [5, 5.41) is 0. The zero-order chi connectivity index (χ0) is 15.5. The number of nitrogens with zero attached hydrogens (tertiary/aromatic N) is 2. The van der Waals surface area contributed by atoms with Gasteiger partial charge in [0.2, 0.25) is 5.91 Å². The van der Waals surface area contributed by atoms with Crippen molar-refractivity contribution in [2.24, 2.45) is 0 Å². The van der Waals surface area contributed by atoms with Crippen molar-refractivity contribution < 1.29 is 13.9 Å². The summed E-state index contributed by atoms with van der Waals surface area (Å²) in [6, 6.07) is 4.64. The van der Waals surface area contributed by atoms with Crippen molar-refractivity contribution in [1.29, 1.82) is 0 Å².